The van der Waals surface area contributed by atoms with Crippen LogP contribution in [-0.4, -0.2) is 48.6 Å². The third-order valence-electron chi connectivity index (χ3n) is 3.68. The SMILES string of the molecule is O=C1CCCCC(=O)OCCCCCCCCCCO1.OCCO. The molecule has 142 valence electrons. The lowest BCUT2D eigenvalue weighted by Crippen LogP contribution is -2.08. The highest BCUT2D eigenvalue weighted by Gasteiger charge is 2.06. The van der Waals surface area contributed by atoms with E-state index in [0.29, 0.717) is 38.9 Å². The van der Waals surface area contributed by atoms with Crippen molar-refractivity contribution >= 4 is 11.9 Å². The van der Waals surface area contributed by atoms with E-state index in [1.165, 1.54) is 25.7 Å². The Kier molecular flexibility index (Phi) is 17.3. The lowest BCUT2D eigenvalue weighted by atomic mass is 10.1. The van der Waals surface area contributed by atoms with Gasteiger partial charge in [0, 0.05) is 12.8 Å². The molecule has 0 aromatic heterocycles. The Hall–Kier alpha value is -1.14. The molecule has 2 N–H and O–H groups in total. The quantitative estimate of drug-likeness (QED) is 0.709. The van der Waals surface area contributed by atoms with Crippen molar-refractivity contribution in [3.63, 3.8) is 0 Å². The fourth-order valence-corrected chi connectivity index (χ4v) is 2.32. The van der Waals surface area contributed by atoms with Crippen LogP contribution in [0, 0.1) is 0 Å². The van der Waals surface area contributed by atoms with E-state index in [1.807, 2.05) is 0 Å². The Morgan fingerprint density at radius 3 is 1.25 bits per heavy atom. The van der Waals surface area contributed by atoms with Crippen molar-refractivity contribution in [3.05, 3.63) is 0 Å². The molecule has 0 radical (unpaired) electrons. The predicted molar refractivity (Wildman–Crippen MR) is 91.5 cm³/mol. The molecule has 0 amide bonds. The van der Waals surface area contributed by atoms with Gasteiger partial charge >= 0.3 is 11.9 Å². The average molecular weight is 346 g/mol. The van der Waals surface area contributed by atoms with Gasteiger partial charge in [-0.3, -0.25) is 9.59 Å². The number of hydrogen-bond acceptors (Lipinski definition) is 6. The van der Waals surface area contributed by atoms with Crippen LogP contribution in [0.15, 0.2) is 0 Å². The molecular weight excluding hydrogens is 312 g/mol. The van der Waals surface area contributed by atoms with Crippen LogP contribution in [0.25, 0.3) is 0 Å². The highest BCUT2D eigenvalue weighted by atomic mass is 16.5. The number of aliphatic hydroxyl groups is 2. The summed E-state index contributed by atoms with van der Waals surface area (Å²) in [6.45, 7) is 0.835. The third-order valence-corrected chi connectivity index (χ3v) is 3.68. The molecule has 1 aliphatic heterocycles. The summed E-state index contributed by atoms with van der Waals surface area (Å²) in [5.74, 6) is -0.279. The smallest absolute Gasteiger partial charge is 0.305 e. The van der Waals surface area contributed by atoms with Crippen molar-refractivity contribution in [2.45, 2.75) is 77.0 Å². The summed E-state index contributed by atoms with van der Waals surface area (Å²) in [5.41, 5.74) is 0. The zero-order valence-corrected chi connectivity index (χ0v) is 14.8. The van der Waals surface area contributed by atoms with Gasteiger partial charge in [0.05, 0.1) is 26.4 Å². The highest BCUT2D eigenvalue weighted by molar-refractivity contribution is 5.70. The zero-order valence-electron chi connectivity index (χ0n) is 14.8. The monoisotopic (exact) mass is 346 g/mol. The molecular formula is C18H34O6. The van der Waals surface area contributed by atoms with Crippen LogP contribution in [0.2, 0.25) is 0 Å². The minimum atomic E-state index is -0.139. The molecule has 0 aliphatic carbocycles. The number of esters is 2. The Balaban J connectivity index is 0.00000118. The highest BCUT2D eigenvalue weighted by Crippen LogP contribution is 2.10. The molecule has 0 atom stereocenters. The first-order valence-corrected chi connectivity index (χ1v) is 9.23. The fraction of sp³-hybridized carbons (Fsp3) is 0.889. The standard InChI is InChI=1S/C16H28O4.C2H6O2/c17-15-11-7-8-12-16(18)20-14-10-6-4-2-1-3-5-9-13-19-15;3-1-2-4/h1-14H2;3-4H,1-2H2. The third kappa shape index (κ3) is 17.2. The van der Waals surface area contributed by atoms with Gasteiger partial charge in [-0.2, -0.15) is 0 Å². The number of aliphatic hydroxyl groups excluding tert-OH is 2. The molecule has 1 saturated heterocycles. The van der Waals surface area contributed by atoms with Crippen molar-refractivity contribution in [2.24, 2.45) is 0 Å². The fourth-order valence-electron chi connectivity index (χ4n) is 2.32. The minimum Gasteiger partial charge on any atom is -0.466 e. The van der Waals surface area contributed by atoms with Gasteiger partial charge in [-0.05, 0) is 25.7 Å². The molecule has 0 saturated carbocycles. The second-order valence-corrected chi connectivity index (χ2v) is 5.92. The Labute approximate surface area is 145 Å². The lowest BCUT2D eigenvalue weighted by molar-refractivity contribution is -0.146. The van der Waals surface area contributed by atoms with Crippen LogP contribution in [0.3, 0.4) is 0 Å². The number of carbonyl (C=O) groups is 2. The Morgan fingerprint density at radius 2 is 0.917 bits per heavy atom. The minimum absolute atomic E-state index is 0.125. The molecule has 1 fully saturated rings. The van der Waals surface area contributed by atoms with Gasteiger partial charge in [0.15, 0.2) is 0 Å². The first kappa shape index (κ1) is 22.9. The molecule has 6 nitrogen and oxygen atoms in total. The van der Waals surface area contributed by atoms with E-state index < -0.39 is 0 Å². The lowest BCUT2D eigenvalue weighted by Gasteiger charge is -2.07. The van der Waals surface area contributed by atoms with Crippen LogP contribution >= 0.6 is 0 Å². The predicted octanol–water partition coefficient (Wildman–Crippen LogP) is 2.74. The summed E-state index contributed by atoms with van der Waals surface area (Å²) >= 11 is 0. The molecule has 24 heavy (non-hydrogen) atoms. The van der Waals surface area contributed by atoms with Crippen LogP contribution in [0.5, 0.6) is 0 Å². The topological polar surface area (TPSA) is 93.1 Å². The van der Waals surface area contributed by atoms with Gasteiger partial charge in [0.2, 0.25) is 0 Å². The molecule has 0 aromatic rings. The second kappa shape index (κ2) is 18.2. The first-order chi connectivity index (χ1) is 11.7. The number of hydrogen-bond donors (Lipinski definition) is 2. The van der Waals surface area contributed by atoms with Gasteiger partial charge in [-0.15, -0.1) is 0 Å². The van der Waals surface area contributed by atoms with Gasteiger partial charge in [0.1, 0.15) is 0 Å². The average Bonchev–Trinajstić information content (AvgIpc) is 2.59. The molecule has 0 spiro atoms. The Morgan fingerprint density at radius 1 is 0.583 bits per heavy atom. The summed E-state index contributed by atoms with van der Waals surface area (Å²) in [5, 5.41) is 15.2. The number of cyclic esters (lactones) is 2. The molecule has 1 heterocycles. The van der Waals surface area contributed by atoms with Crippen molar-refractivity contribution in [2.75, 3.05) is 26.4 Å². The molecule has 0 unspecified atom stereocenters. The van der Waals surface area contributed by atoms with Gasteiger partial charge in [-0.25, -0.2) is 0 Å². The second-order valence-electron chi connectivity index (χ2n) is 5.92. The maximum Gasteiger partial charge on any atom is 0.305 e. The van der Waals surface area contributed by atoms with Crippen molar-refractivity contribution in [1.29, 1.82) is 0 Å². The van der Waals surface area contributed by atoms with E-state index >= 15 is 0 Å². The van der Waals surface area contributed by atoms with E-state index in [9.17, 15) is 9.59 Å². The van der Waals surface area contributed by atoms with Crippen molar-refractivity contribution < 1.29 is 29.3 Å². The molecule has 1 aliphatic rings. The van der Waals surface area contributed by atoms with Crippen LogP contribution in [0.4, 0.5) is 0 Å². The van der Waals surface area contributed by atoms with Crippen LogP contribution < -0.4 is 0 Å². The van der Waals surface area contributed by atoms with E-state index in [2.05, 4.69) is 0 Å². The summed E-state index contributed by atoms with van der Waals surface area (Å²) in [4.78, 5) is 22.8. The van der Waals surface area contributed by atoms with Gasteiger partial charge in [0.25, 0.3) is 0 Å². The maximum absolute atomic E-state index is 11.4. The molecule has 0 bridgehead atoms. The largest absolute Gasteiger partial charge is 0.466 e. The summed E-state index contributed by atoms with van der Waals surface area (Å²) < 4.78 is 10.3. The van der Waals surface area contributed by atoms with Crippen molar-refractivity contribution in [1.82, 2.24) is 0 Å². The number of carbonyl (C=O) groups excluding carboxylic acids is 2. The molecule has 1 rings (SSSR count). The van der Waals surface area contributed by atoms with E-state index in [4.69, 9.17) is 19.7 Å². The molecule has 6 heteroatoms. The van der Waals surface area contributed by atoms with Crippen molar-refractivity contribution in [3.8, 4) is 0 Å². The summed E-state index contributed by atoms with van der Waals surface area (Å²) in [6.07, 6.45) is 11.4. The summed E-state index contributed by atoms with van der Waals surface area (Å²) in [6, 6.07) is 0. The first-order valence-electron chi connectivity index (χ1n) is 9.23. The van der Waals surface area contributed by atoms with E-state index in [-0.39, 0.29) is 25.2 Å². The van der Waals surface area contributed by atoms with E-state index in [0.717, 1.165) is 25.7 Å². The normalized spacial score (nSPS) is 19.8. The van der Waals surface area contributed by atoms with Crippen LogP contribution in [0.1, 0.15) is 77.0 Å². The Bertz CT molecular complexity index is 276. The number of rotatable bonds is 1. The molecule has 0 aromatic carbocycles. The van der Waals surface area contributed by atoms with Gasteiger partial charge < -0.3 is 19.7 Å². The zero-order chi connectivity index (χ0) is 17.9. The maximum atomic E-state index is 11.4. The van der Waals surface area contributed by atoms with E-state index in [1.54, 1.807) is 0 Å². The number of ether oxygens (including phenoxy) is 2. The van der Waals surface area contributed by atoms with Gasteiger partial charge in [-0.1, -0.05) is 38.5 Å². The summed E-state index contributed by atoms with van der Waals surface area (Å²) in [7, 11) is 0. The van der Waals surface area contributed by atoms with Crippen LogP contribution in [-0.2, 0) is 19.1 Å².